The summed E-state index contributed by atoms with van der Waals surface area (Å²) in [6.07, 6.45) is -5.79. The van der Waals surface area contributed by atoms with E-state index in [-0.39, 0.29) is 36.1 Å². The third-order valence-corrected chi connectivity index (χ3v) is 3.08. The first-order valence-electron chi connectivity index (χ1n) is 7.37. The largest absolute Gasteiger partial charge is 0.491 e. The Kier molecular flexibility index (Phi) is 5.60. The van der Waals surface area contributed by atoms with E-state index in [4.69, 9.17) is 10.5 Å². The fourth-order valence-electron chi connectivity index (χ4n) is 1.88. The molecule has 1 heterocycles. The molecule has 1 aromatic carbocycles. The lowest BCUT2D eigenvalue weighted by Gasteiger charge is -2.16. The Hall–Kier alpha value is -2.65. The summed E-state index contributed by atoms with van der Waals surface area (Å²) < 4.78 is 56.2. The molecule has 0 spiro atoms. The number of nitrogen functional groups attached to an aromatic ring is 1. The van der Waals surface area contributed by atoms with Crippen molar-refractivity contribution >= 4 is 11.9 Å². The molecule has 0 aliphatic heterocycles. The van der Waals surface area contributed by atoms with Crippen LogP contribution < -0.4 is 15.8 Å². The average Bonchev–Trinajstić information content (AvgIpc) is 2.52. The van der Waals surface area contributed by atoms with Crippen molar-refractivity contribution in [2.45, 2.75) is 32.2 Å². The number of aromatic nitrogens is 3. The summed E-state index contributed by atoms with van der Waals surface area (Å²) >= 11 is 0. The van der Waals surface area contributed by atoms with Crippen molar-refractivity contribution in [3.05, 3.63) is 35.7 Å². The maximum absolute atomic E-state index is 13.3. The molecule has 6 nitrogen and oxygen atoms in total. The Bertz CT molecular complexity index is 706. The van der Waals surface area contributed by atoms with Crippen molar-refractivity contribution in [1.82, 2.24) is 15.0 Å². The molecule has 3 N–H and O–H groups in total. The van der Waals surface area contributed by atoms with Gasteiger partial charge in [0, 0.05) is 0 Å². The number of nitrogens with one attached hydrogen (secondary N) is 1. The molecule has 25 heavy (non-hydrogen) atoms. The van der Waals surface area contributed by atoms with Crippen molar-refractivity contribution in [2.24, 2.45) is 0 Å². The molecule has 0 aliphatic carbocycles. The lowest BCUT2D eigenvalue weighted by Crippen LogP contribution is -2.25. The molecule has 0 amide bonds. The zero-order valence-electron chi connectivity index (χ0n) is 13.5. The number of anilines is 2. The Morgan fingerprint density at radius 3 is 2.32 bits per heavy atom. The van der Waals surface area contributed by atoms with Crippen LogP contribution in [0.15, 0.2) is 24.3 Å². The number of rotatable bonds is 6. The fraction of sp³-hybridized carbons (Fsp3) is 0.400. The number of ether oxygens (including phenoxy) is 1. The first-order chi connectivity index (χ1) is 11.6. The fourth-order valence-corrected chi connectivity index (χ4v) is 1.88. The van der Waals surface area contributed by atoms with Gasteiger partial charge >= 0.3 is 6.18 Å². The highest BCUT2D eigenvalue weighted by Gasteiger charge is 2.30. The molecule has 2 atom stereocenters. The predicted octanol–water partition coefficient (Wildman–Crippen LogP) is 3.38. The summed E-state index contributed by atoms with van der Waals surface area (Å²) in [7, 11) is 0. The van der Waals surface area contributed by atoms with E-state index in [9.17, 15) is 17.6 Å². The lowest BCUT2D eigenvalue weighted by atomic mass is 10.2. The summed E-state index contributed by atoms with van der Waals surface area (Å²) in [6.45, 7) is 3.13. The molecule has 0 bridgehead atoms. The van der Waals surface area contributed by atoms with Crippen LogP contribution in [0.3, 0.4) is 0 Å². The highest BCUT2D eigenvalue weighted by Crippen LogP contribution is 2.30. The molecule has 0 aliphatic rings. The van der Waals surface area contributed by atoms with Gasteiger partial charge in [-0.3, -0.25) is 0 Å². The number of halogens is 4. The third kappa shape index (κ3) is 5.44. The minimum absolute atomic E-state index is 0.0918. The Balaban J connectivity index is 1.93. The van der Waals surface area contributed by atoms with Crippen molar-refractivity contribution < 1.29 is 22.3 Å². The molecule has 2 rings (SSSR count). The zero-order chi connectivity index (χ0) is 18.6. The molecule has 0 radical (unpaired) electrons. The molecule has 0 saturated carbocycles. The molecular formula is C15H17F4N5O. The minimum atomic E-state index is -4.39. The van der Waals surface area contributed by atoms with Crippen LogP contribution in [0, 0.1) is 0 Å². The van der Waals surface area contributed by atoms with Gasteiger partial charge in [-0.1, -0.05) is 0 Å². The van der Waals surface area contributed by atoms with Gasteiger partial charge in [-0.25, -0.2) is 4.39 Å². The van der Waals surface area contributed by atoms with E-state index >= 15 is 0 Å². The van der Waals surface area contributed by atoms with Gasteiger partial charge < -0.3 is 15.8 Å². The van der Waals surface area contributed by atoms with Gasteiger partial charge in [0.15, 0.2) is 12.0 Å². The van der Waals surface area contributed by atoms with Crippen LogP contribution in [0.1, 0.15) is 31.4 Å². The van der Waals surface area contributed by atoms with Crippen LogP contribution in [0.4, 0.5) is 29.5 Å². The number of nitrogens with two attached hydrogens (primary N) is 1. The summed E-state index contributed by atoms with van der Waals surface area (Å²) in [4.78, 5) is 11.4. The van der Waals surface area contributed by atoms with Crippen LogP contribution in [0.2, 0.25) is 0 Å². The summed E-state index contributed by atoms with van der Waals surface area (Å²) in [5.74, 6) is 0.170. The highest BCUT2D eigenvalue weighted by molar-refractivity contribution is 5.33. The second kappa shape index (κ2) is 7.49. The molecule has 0 saturated heterocycles. The maximum atomic E-state index is 13.3. The Morgan fingerprint density at radius 1 is 1.12 bits per heavy atom. The number of nitrogens with zero attached hydrogens (tertiary/aromatic N) is 3. The Labute approximate surface area is 141 Å². The zero-order valence-corrected chi connectivity index (χ0v) is 13.5. The molecule has 1 aromatic heterocycles. The first kappa shape index (κ1) is 18.7. The van der Waals surface area contributed by atoms with Crippen LogP contribution in [-0.4, -0.2) is 27.6 Å². The van der Waals surface area contributed by atoms with Gasteiger partial charge in [0.1, 0.15) is 12.4 Å². The van der Waals surface area contributed by atoms with Crippen molar-refractivity contribution in [1.29, 1.82) is 0 Å². The number of hydrogen-bond acceptors (Lipinski definition) is 6. The number of benzene rings is 1. The summed E-state index contributed by atoms with van der Waals surface area (Å²) in [5, 5.41) is 2.87. The second-order valence-electron chi connectivity index (χ2n) is 5.37. The first-order valence-corrected chi connectivity index (χ1v) is 7.37. The third-order valence-electron chi connectivity index (χ3n) is 3.08. The molecule has 136 valence electrons. The number of alkyl halides is 4. The smallest absolute Gasteiger partial charge is 0.416 e. The summed E-state index contributed by atoms with van der Waals surface area (Å²) in [5.41, 5.74) is 4.74. The second-order valence-corrected chi connectivity index (χ2v) is 5.37. The van der Waals surface area contributed by atoms with E-state index in [2.05, 4.69) is 20.3 Å². The quantitative estimate of drug-likeness (QED) is 0.769. The molecular weight excluding hydrogens is 342 g/mol. The number of hydrogen-bond donors (Lipinski definition) is 2. The van der Waals surface area contributed by atoms with Gasteiger partial charge in [0.25, 0.3) is 0 Å². The van der Waals surface area contributed by atoms with Crippen molar-refractivity contribution in [2.75, 3.05) is 17.7 Å². The average molecular weight is 359 g/mol. The standard InChI is InChI=1S/C15H17F4N5O/c1-8(21-14-23-12(9(2)16)22-13(20)24-14)7-25-11-5-3-10(4-6-11)15(17,18)19/h3-6,8-9H,7H2,1-2H3,(H3,20,21,22,23,24). The lowest BCUT2D eigenvalue weighted by molar-refractivity contribution is -0.137. The van der Waals surface area contributed by atoms with Gasteiger partial charge in [-0.15, -0.1) is 0 Å². The predicted molar refractivity (Wildman–Crippen MR) is 83.8 cm³/mol. The van der Waals surface area contributed by atoms with E-state index in [1.165, 1.54) is 19.1 Å². The van der Waals surface area contributed by atoms with Crippen LogP contribution in [0.25, 0.3) is 0 Å². The van der Waals surface area contributed by atoms with Crippen molar-refractivity contribution in [3.8, 4) is 5.75 Å². The maximum Gasteiger partial charge on any atom is 0.416 e. The minimum Gasteiger partial charge on any atom is -0.491 e. The topological polar surface area (TPSA) is 86.0 Å². The Morgan fingerprint density at radius 2 is 1.76 bits per heavy atom. The van der Waals surface area contributed by atoms with Crippen LogP contribution in [0.5, 0.6) is 5.75 Å². The molecule has 2 unspecified atom stereocenters. The van der Waals surface area contributed by atoms with Gasteiger partial charge in [0.2, 0.25) is 11.9 Å². The van der Waals surface area contributed by atoms with Gasteiger partial charge in [-0.2, -0.15) is 28.1 Å². The van der Waals surface area contributed by atoms with Crippen molar-refractivity contribution in [3.63, 3.8) is 0 Å². The molecule has 0 fully saturated rings. The highest BCUT2D eigenvalue weighted by atomic mass is 19.4. The molecule has 10 heteroatoms. The van der Waals surface area contributed by atoms with Gasteiger partial charge in [-0.05, 0) is 38.1 Å². The van der Waals surface area contributed by atoms with E-state index in [1.54, 1.807) is 6.92 Å². The van der Waals surface area contributed by atoms with Gasteiger partial charge in [0.05, 0.1) is 11.6 Å². The summed E-state index contributed by atoms with van der Waals surface area (Å²) in [6, 6.07) is 4.04. The van der Waals surface area contributed by atoms with Crippen LogP contribution in [-0.2, 0) is 6.18 Å². The molecule has 2 aromatic rings. The van der Waals surface area contributed by atoms with Crippen LogP contribution >= 0.6 is 0 Å². The van der Waals surface area contributed by atoms with E-state index in [0.717, 1.165) is 12.1 Å². The van der Waals surface area contributed by atoms with E-state index in [1.807, 2.05) is 0 Å². The van der Waals surface area contributed by atoms with E-state index in [0.29, 0.717) is 0 Å². The normalized spacial score (nSPS) is 14.0. The van der Waals surface area contributed by atoms with E-state index < -0.39 is 17.9 Å². The monoisotopic (exact) mass is 359 g/mol. The SMILES string of the molecule is CC(COc1ccc(C(F)(F)F)cc1)Nc1nc(N)nc(C(C)F)n1.